The molecule has 2 heteroatoms. The highest BCUT2D eigenvalue weighted by molar-refractivity contribution is 5.36. The van der Waals surface area contributed by atoms with Crippen LogP contribution < -0.4 is 10.1 Å². The highest BCUT2D eigenvalue weighted by Gasteiger charge is 2.10. The number of hydrogen-bond donors (Lipinski definition) is 1. The number of benzene rings is 1. The van der Waals surface area contributed by atoms with Gasteiger partial charge in [0.2, 0.25) is 0 Å². The molecule has 0 radical (unpaired) electrons. The molecule has 0 aliphatic rings. The van der Waals surface area contributed by atoms with Crippen molar-refractivity contribution in [2.24, 2.45) is 0 Å². The van der Waals surface area contributed by atoms with E-state index in [9.17, 15) is 0 Å². The van der Waals surface area contributed by atoms with Gasteiger partial charge in [0.05, 0.1) is 7.11 Å². The Labute approximate surface area is 92.6 Å². The molecule has 1 aromatic carbocycles. The van der Waals surface area contributed by atoms with Crippen molar-refractivity contribution in [1.29, 1.82) is 0 Å². The molecule has 0 atom stereocenters. The van der Waals surface area contributed by atoms with Gasteiger partial charge in [-0.15, -0.1) is 0 Å². The molecule has 15 heavy (non-hydrogen) atoms. The van der Waals surface area contributed by atoms with Crippen molar-refractivity contribution < 1.29 is 4.74 Å². The summed E-state index contributed by atoms with van der Waals surface area (Å²) < 4.78 is 5.33. The van der Waals surface area contributed by atoms with E-state index in [1.807, 2.05) is 6.07 Å². The van der Waals surface area contributed by atoms with Crippen LogP contribution in [-0.4, -0.2) is 12.6 Å². The maximum atomic E-state index is 5.33. The molecule has 0 unspecified atom stereocenters. The molecule has 1 aromatic rings. The maximum Gasteiger partial charge on any atom is 0.123 e. The van der Waals surface area contributed by atoms with E-state index in [2.05, 4.69) is 45.1 Å². The second kappa shape index (κ2) is 4.67. The van der Waals surface area contributed by atoms with Crippen LogP contribution in [0.15, 0.2) is 18.2 Å². The van der Waals surface area contributed by atoms with Crippen LogP contribution in [0.25, 0.3) is 0 Å². The van der Waals surface area contributed by atoms with Crippen LogP contribution in [0, 0.1) is 6.92 Å². The summed E-state index contributed by atoms with van der Waals surface area (Å²) in [6.07, 6.45) is 0. The fourth-order valence-corrected chi connectivity index (χ4v) is 1.41. The van der Waals surface area contributed by atoms with Crippen LogP contribution in [0.1, 0.15) is 31.9 Å². The monoisotopic (exact) mass is 207 g/mol. The molecule has 0 aromatic heterocycles. The van der Waals surface area contributed by atoms with Gasteiger partial charge in [0, 0.05) is 17.6 Å². The Morgan fingerprint density at radius 2 is 1.93 bits per heavy atom. The Morgan fingerprint density at radius 1 is 1.27 bits per heavy atom. The zero-order valence-electron chi connectivity index (χ0n) is 10.3. The quantitative estimate of drug-likeness (QED) is 0.823. The number of methoxy groups -OCH3 is 1. The Balaban J connectivity index is 2.79. The number of hydrogen-bond acceptors (Lipinski definition) is 2. The summed E-state index contributed by atoms with van der Waals surface area (Å²) in [5.74, 6) is 0.956. The Hall–Kier alpha value is -1.02. The van der Waals surface area contributed by atoms with E-state index in [0.717, 1.165) is 12.3 Å². The molecule has 1 rings (SSSR count). The molecule has 0 aliphatic heterocycles. The first-order chi connectivity index (χ1) is 6.92. The Kier molecular flexibility index (Phi) is 3.75. The summed E-state index contributed by atoms with van der Waals surface area (Å²) in [7, 11) is 1.71. The zero-order valence-corrected chi connectivity index (χ0v) is 10.3. The van der Waals surface area contributed by atoms with E-state index < -0.39 is 0 Å². The van der Waals surface area contributed by atoms with Crippen LogP contribution >= 0.6 is 0 Å². The summed E-state index contributed by atoms with van der Waals surface area (Å²) in [4.78, 5) is 0. The molecule has 0 heterocycles. The molecule has 0 bridgehead atoms. The molecular formula is C13H21NO. The summed E-state index contributed by atoms with van der Waals surface area (Å²) in [6.45, 7) is 9.42. The van der Waals surface area contributed by atoms with Crippen molar-refractivity contribution in [2.45, 2.75) is 39.8 Å². The molecule has 1 N–H and O–H groups in total. The van der Waals surface area contributed by atoms with Crippen molar-refractivity contribution in [2.75, 3.05) is 7.11 Å². The number of nitrogens with one attached hydrogen (secondary N) is 1. The number of ether oxygens (including phenoxy) is 1. The van der Waals surface area contributed by atoms with E-state index >= 15 is 0 Å². The molecule has 0 fully saturated rings. The third-order valence-corrected chi connectivity index (χ3v) is 2.25. The van der Waals surface area contributed by atoms with Gasteiger partial charge in [0.15, 0.2) is 0 Å². The fourth-order valence-electron chi connectivity index (χ4n) is 1.41. The zero-order chi connectivity index (χ0) is 11.5. The molecule has 0 saturated heterocycles. The Bertz CT molecular complexity index is 326. The normalized spacial score (nSPS) is 11.5. The van der Waals surface area contributed by atoms with Gasteiger partial charge in [0.25, 0.3) is 0 Å². The fraction of sp³-hybridized carbons (Fsp3) is 0.538. The van der Waals surface area contributed by atoms with Crippen molar-refractivity contribution in [3.63, 3.8) is 0 Å². The third-order valence-electron chi connectivity index (χ3n) is 2.25. The van der Waals surface area contributed by atoms with E-state index in [4.69, 9.17) is 4.74 Å². The topological polar surface area (TPSA) is 21.3 Å². The lowest BCUT2D eigenvalue weighted by atomic mass is 10.1. The summed E-state index contributed by atoms with van der Waals surface area (Å²) in [5, 5.41) is 3.46. The molecule has 0 aliphatic carbocycles. The van der Waals surface area contributed by atoms with Gasteiger partial charge >= 0.3 is 0 Å². The SMILES string of the molecule is COc1ccc(C)cc1CNC(C)(C)C. The largest absolute Gasteiger partial charge is 0.496 e. The van der Waals surface area contributed by atoms with Gasteiger partial charge < -0.3 is 10.1 Å². The van der Waals surface area contributed by atoms with Crippen LogP contribution in [0.2, 0.25) is 0 Å². The molecular weight excluding hydrogens is 186 g/mol. The summed E-state index contributed by atoms with van der Waals surface area (Å²) in [6, 6.07) is 6.26. The predicted molar refractivity (Wildman–Crippen MR) is 64.3 cm³/mol. The van der Waals surface area contributed by atoms with Crippen molar-refractivity contribution in [1.82, 2.24) is 5.32 Å². The van der Waals surface area contributed by atoms with E-state index in [0.29, 0.717) is 0 Å². The highest BCUT2D eigenvalue weighted by atomic mass is 16.5. The first kappa shape index (κ1) is 12.1. The number of aryl methyl sites for hydroxylation is 1. The van der Waals surface area contributed by atoms with Crippen LogP contribution in [-0.2, 0) is 6.54 Å². The molecule has 0 amide bonds. The minimum absolute atomic E-state index is 0.134. The van der Waals surface area contributed by atoms with Gasteiger partial charge in [-0.25, -0.2) is 0 Å². The molecule has 84 valence electrons. The lowest BCUT2D eigenvalue weighted by molar-refractivity contribution is 0.392. The average molecular weight is 207 g/mol. The molecule has 0 spiro atoms. The van der Waals surface area contributed by atoms with Gasteiger partial charge in [0.1, 0.15) is 5.75 Å². The van der Waals surface area contributed by atoms with Gasteiger partial charge in [-0.2, -0.15) is 0 Å². The van der Waals surface area contributed by atoms with Gasteiger partial charge in [-0.05, 0) is 33.8 Å². The van der Waals surface area contributed by atoms with Crippen molar-refractivity contribution in [3.05, 3.63) is 29.3 Å². The van der Waals surface area contributed by atoms with Crippen LogP contribution in [0.3, 0.4) is 0 Å². The summed E-state index contributed by atoms with van der Waals surface area (Å²) in [5.41, 5.74) is 2.61. The standard InChI is InChI=1S/C13H21NO/c1-10-6-7-12(15-5)11(8-10)9-14-13(2,3)4/h6-8,14H,9H2,1-5H3. The second-order valence-electron chi connectivity index (χ2n) is 4.92. The van der Waals surface area contributed by atoms with Gasteiger partial charge in [-0.1, -0.05) is 17.7 Å². The van der Waals surface area contributed by atoms with Crippen LogP contribution in [0.4, 0.5) is 0 Å². The third kappa shape index (κ3) is 3.92. The lowest BCUT2D eigenvalue weighted by Crippen LogP contribution is -2.35. The minimum Gasteiger partial charge on any atom is -0.496 e. The smallest absolute Gasteiger partial charge is 0.123 e. The first-order valence-corrected chi connectivity index (χ1v) is 5.31. The maximum absolute atomic E-state index is 5.33. The Morgan fingerprint density at radius 3 is 2.47 bits per heavy atom. The van der Waals surface area contributed by atoms with Crippen molar-refractivity contribution in [3.8, 4) is 5.75 Å². The van der Waals surface area contributed by atoms with E-state index in [-0.39, 0.29) is 5.54 Å². The summed E-state index contributed by atoms with van der Waals surface area (Å²) >= 11 is 0. The van der Waals surface area contributed by atoms with Crippen molar-refractivity contribution >= 4 is 0 Å². The van der Waals surface area contributed by atoms with Crippen LogP contribution in [0.5, 0.6) is 5.75 Å². The second-order valence-corrected chi connectivity index (χ2v) is 4.92. The highest BCUT2D eigenvalue weighted by Crippen LogP contribution is 2.20. The lowest BCUT2D eigenvalue weighted by Gasteiger charge is -2.21. The molecule has 0 saturated carbocycles. The molecule has 2 nitrogen and oxygen atoms in total. The minimum atomic E-state index is 0.134. The van der Waals surface area contributed by atoms with E-state index in [1.165, 1.54) is 11.1 Å². The predicted octanol–water partition coefficient (Wildman–Crippen LogP) is 2.89. The van der Waals surface area contributed by atoms with E-state index in [1.54, 1.807) is 7.11 Å². The number of rotatable bonds is 3. The average Bonchev–Trinajstić information content (AvgIpc) is 2.14. The first-order valence-electron chi connectivity index (χ1n) is 5.31. The van der Waals surface area contributed by atoms with Gasteiger partial charge in [-0.3, -0.25) is 0 Å².